The molecule has 3 aromatic carbocycles. The second kappa shape index (κ2) is 9.20. The van der Waals surface area contributed by atoms with Crippen LogP contribution >= 0.6 is 0 Å². The normalized spacial score (nSPS) is 14.3. The number of aryl methyl sites for hydroxylation is 1. The number of amides is 2. The second-order valence-electron chi connectivity index (χ2n) is 7.58. The largest absolute Gasteiger partial charge is 0.493 e. The minimum Gasteiger partial charge on any atom is -0.493 e. The van der Waals surface area contributed by atoms with Gasteiger partial charge in [-0.3, -0.25) is 9.59 Å². The lowest BCUT2D eigenvalue weighted by atomic mass is 9.91. The molecule has 1 aliphatic heterocycles. The number of anilines is 1. The molecule has 4 rings (SSSR count). The molecule has 0 radical (unpaired) electrons. The molecule has 0 unspecified atom stereocenters. The van der Waals surface area contributed by atoms with Crippen molar-refractivity contribution in [1.29, 1.82) is 0 Å². The minimum absolute atomic E-state index is 0.347. The average Bonchev–Trinajstić information content (AvgIpc) is 2.82. The Hall–Kier alpha value is -4.06. The summed E-state index contributed by atoms with van der Waals surface area (Å²) < 4.78 is 16.7. The van der Waals surface area contributed by atoms with Crippen LogP contribution in [0.3, 0.4) is 0 Å². The number of rotatable bonds is 6. The molecule has 6 heteroatoms. The van der Waals surface area contributed by atoms with E-state index in [4.69, 9.17) is 14.2 Å². The van der Waals surface area contributed by atoms with Crippen LogP contribution in [0.4, 0.5) is 5.69 Å². The van der Waals surface area contributed by atoms with Gasteiger partial charge in [0.25, 0.3) is 11.8 Å². The van der Waals surface area contributed by atoms with Crippen molar-refractivity contribution in [3.63, 3.8) is 0 Å². The van der Waals surface area contributed by atoms with Crippen LogP contribution in [0, 0.1) is 6.92 Å². The molecule has 0 atom stereocenters. The Morgan fingerprint density at radius 3 is 2.12 bits per heavy atom. The molecule has 0 spiro atoms. The third-order valence-electron chi connectivity index (χ3n) is 5.43. The van der Waals surface area contributed by atoms with Gasteiger partial charge in [0, 0.05) is 11.1 Å². The summed E-state index contributed by atoms with van der Waals surface area (Å²) in [6.07, 6.45) is 1.75. The molecule has 168 valence electrons. The molecule has 0 saturated carbocycles. The lowest BCUT2D eigenvalue weighted by Gasteiger charge is -2.29. The molecule has 3 aromatic rings. The Morgan fingerprint density at radius 1 is 0.848 bits per heavy atom. The zero-order valence-corrected chi connectivity index (χ0v) is 19.0. The van der Waals surface area contributed by atoms with Crippen molar-refractivity contribution in [2.24, 2.45) is 0 Å². The molecular weight excluding hydrogens is 418 g/mol. The molecule has 0 saturated heterocycles. The quantitative estimate of drug-likeness (QED) is 0.390. The lowest BCUT2D eigenvalue weighted by Crippen LogP contribution is -2.41. The van der Waals surface area contributed by atoms with E-state index in [9.17, 15) is 9.59 Å². The summed E-state index contributed by atoms with van der Waals surface area (Å²) in [5.41, 5.74) is 3.63. The van der Waals surface area contributed by atoms with Crippen molar-refractivity contribution >= 4 is 29.2 Å². The molecule has 2 amide bonds. The van der Waals surface area contributed by atoms with Crippen molar-refractivity contribution in [3.8, 4) is 17.2 Å². The Bertz CT molecular complexity index is 1240. The Balaban J connectivity index is 1.90. The summed E-state index contributed by atoms with van der Waals surface area (Å²) in [6.45, 7) is 4.25. The van der Waals surface area contributed by atoms with Crippen LogP contribution in [0.1, 0.15) is 34.0 Å². The van der Waals surface area contributed by atoms with Crippen molar-refractivity contribution in [2.45, 2.75) is 13.8 Å². The van der Waals surface area contributed by atoms with E-state index in [2.05, 4.69) is 0 Å². The van der Waals surface area contributed by atoms with E-state index in [1.165, 1.54) is 4.90 Å². The van der Waals surface area contributed by atoms with Crippen molar-refractivity contribution in [1.82, 2.24) is 0 Å². The number of hydrogen-bond donors (Lipinski definition) is 0. The fourth-order valence-corrected chi connectivity index (χ4v) is 3.93. The first-order chi connectivity index (χ1) is 16.0. The molecular formula is C27H25NO5. The molecule has 1 heterocycles. The number of methoxy groups -OCH3 is 2. The van der Waals surface area contributed by atoms with Gasteiger partial charge in [-0.15, -0.1) is 0 Å². The van der Waals surface area contributed by atoms with E-state index in [1.54, 1.807) is 56.7 Å². The van der Waals surface area contributed by atoms with Crippen molar-refractivity contribution in [2.75, 3.05) is 25.7 Å². The highest BCUT2D eigenvalue weighted by molar-refractivity contribution is 6.43. The predicted octanol–water partition coefficient (Wildman–Crippen LogP) is 5.14. The smallest absolute Gasteiger partial charge is 0.265 e. The summed E-state index contributed by atoms with van der Waals surface area (Å²) in [4.78, 5) is 28.1. The van der Waals surface area contributed by atoms with Crippen LogP contribution in [0.25, 0.3) is 11.6 Å². The van der Waals surface area contributed by atoms with Gasteiger partial charge in [-0.05, 0) is 66.9 Å². The highest BCUT2D eigenvalue weighted by Gasteiger charge is 2.35. The molecule has 0 aliphatic carbocycles. The minimum atomic E-state index is -0.392. The highest BCUT2D eigenvalue weighted by Crippen LogP contribution is 2.40. The van der Waals surface area contributed by atoms with E-state index in [-0.39, 0.29) is 5.91 Å². The number of hydrogen-bond acceptors (Lipinski definition) is 5. The van der Waals surface area contributed by atoms with Gasteiger partial charge in [-0.1, -0.05) is 30.3 Å². The van der Waals surface area contributed by atoms with Crippen LogP contribution in [0.5, 0.6) is 17.2 Å². The van der Waals surface area contributed by atoms with Gasteiger partial charge in [-0.25, -0.2) is 4.90 Å². The number of nitrogens with zero attached hydrogens (tertiary/aromatic N) is 1. The number of ether oxygens (including phenoxy) is 3. The zero-order chi connectivity index (χ0) is 23.5. The summed E-state index contributed by atoms with van der Waals surface area (Å²) in [5.74, 6) is 0.741. The number of carbonyl (C=O) groups excluding carboxylic acids is 2. The third-order valence-corrected chi connectivity index (χ3v) is 5.43. The lowest BCUT2D eigenvalue weighted by molar-refractivity contribution is -0.112. The Labute approximate surface area is 193 Å². The van der Waals surface area contributed by atoms with Crippen molar-refractivity contribution in [3.05, 3.63) is 82.9 Å². The molecule has 0 N–H and O–H groups in total. The first-order valence-corrected chi connectivity index (χ1v) is 10.6. The third kappa shape index (κ3) is 4.07. The van der Waals surface area contributed by atoms with Gasteiger partial charge >= 0.3 is 0 Å². The fourth-order valence-electron chi connectivity index (χ4n) is 3.93. The van der Waals surface area contributed by atoms with E-state index in [1.807, 2.05) is 38.1 Å². The number of fused-ring (bicyclic) bond motifs is 1. The summed E-state index contributed by atoms with van der Waals surface area (Å²) in [6, 6.07) is 18.0. The molecule has 1 aliphatic rings. The van der Waals surface area contributed by atoms with Crippen LogP contribution < -0.4 is 19.1 Å². The molecule has 0 aromatic heterocycles. The number of benzene rings is 3. The van der Waals surface area contributed by atoms with E-state index >= 15 is 0 Å². The summed E-state index contributed by atoms with van der Waals surface area (Å²) in [7, 11) is 3.10. The van der Waals surface area contributed by atoms with E-state index < -0.39 is 5.91 Å². The zero-order valence-electron chi connectivity index (χ0n) is 19.0. The molecule has 0 fully saturated rings. The predicted molar refractivity (Wildman–Crippen MR) is 128 cm³/mol. The highest BCUT2D eigenvalue weighted by atomic mass is 16.5. The van der Waals surface area contributed by atoms with Crippen LogP contribution in [-0.4, -0.2) is 32.6 Å². The summed E-state index contributed by atoms with van der Waals surface area (Å²) in [5, 5.41) is 0. The molecule has 33 heavy (non-hydrogen) atoms. The fraction of sp³-hybridized carbons (Fsp3) is 0.185. The topological polar surface area (TPSA) is 65.1 Å². The maximum Gasteiger partial charge on any atom is 0.265 e. The van der Waals surface area contributed by atoms with Crippen LogP contribution in [0.15, 0.2) is 60.7 Å². The van der Waals surface area contributed by atoms with E-state index in [0.717, 1.165) is 5.56 Å². The van der Waals surface area contributed by atoms with Crippen molar-refractivity contribution < 1.29 is 23.8 Å². The Morgan fingerprint density at radius 2 is 1.52 bits per heavy atom. The Kier molecular flexibility index (Phi) is 6.18. The van der Waals surface area contributed by atoms with Crippen LogP contribution in [0.2, 0.25) is 0 Å². The van der Waals surface area contributed by atoms with Crippen LogP contribution in [-0.2, 0) is 4.79 Å². The van der Waals surface area contributed by atoms with Gasteiger partial charge in [0.05, 0.1) is 26.5 Å². The van der Waals surface area contributed by atoms with Gasteiger partial charge in [-0.2, -0.15) is 0 Å². The standard InChI is InChI=1S/C27H25NO5/c1-5-33-25-23(31-3)15-18(16-24(25)32-4)14-22-20-11-6-7-12-21(20)26(29)28(27(22)30)19-10-8-9-17(2)13-19/h6-16H,5H2,1-4H3/b22-14-. The van der Waals surface area contributed by atoms with E-state index in [0.29, 0.717) is 51.8 Å². The van der Waals surface area contributed by atoms with Gasteiger partial charge in [0.2, 0.25) is 5.75 Å². The first-order valence-electron chi connectivity index (χ1n) is 10.6. The van der Waals surface area contributed by atoms with Gasteiger partial charge in [0.15, 0.2) is 11.5 Å². The average molecular weight is 443 g/mol. The SMILES string of the molecule is CCOc1c(OC)cc(/C=C2\C(=O)N(c3cccc(C)c3)C(=O)c3ccccc32)cc1OC. The number of imide groups is 1. The van der Waals surface area contributed by atoms with Gasteiger partial charge in [0.1, 0.15) is 0 Å². The number of carbonyl (C=O) groups is 2. The maximum absolute atomic E-state index is 13.6. The van der Waals surface area contributed by atoms with Gasteiger partial charge < -0.3 is 14.2 Å². The second-order valence-corrected chi connectivity index (χ2v) is 7.58. The first kappa shape index (κ1) is 22.1. The molecule has 6 nitrogen and oxygen atoms in total. The monoisotopic (exact) mass is 443 g/mol. The molecule has 0 bridgehead atoms. The summed E-state index contributed by atoms with van der Waals surface area (Å²) >= 11 is 0. The maximum atomic E-state index is 13.6.